The molecule has 0 saturated heterocycles. The summed E-state index contributed by atoms with van der Waals surface area (Å²) in [7, 11) is 1.63. The molecule has 6 nitrogen and oxygen atoms in total. The number of hydrogen-bond acceptors (Lipinski definition) is 4. The average molecular weight is 386 g/mol. The molecule has 0 spiro atoms. The van der Waals surface area contributed by atoms with Crippen LogP contribution >= 0.6 is 0 Å². The molecule has 146 valence electrons. The molecule has 4 rings (SSSR count). The summed E-state index contributed by atoms with van der Waals surface area (Å²) in [6.07, 6.45) is 0. The second kappa shape index (κ2) is 7.39. The predicted octanol–water partition coefficient (Wildman–Crippen LogP) is 4.61. The molecule has 0 saturated carbocycles. The lowest BCUT2D eigenvalue weighted by Gasteiger charge is -2.10. The number of nitrogens with one attached hydrogen (secondary N) is 1. The molecule has 0 atom stereocenters. The number of methoxy groups -OCH3 is 1. The molecule has 6 heteroatoms. The average Bonchev–Trinajstić information content (AvgIpc) is 3.11. The first-order valence-corrected chi connectivity index (χ1v) is 9.35. The van der Waals surface area contributed by atoms with Crippen molar-refractivity contribution in [3.8, 4) is 11.4 Å². The highest BCUT2D eigenvalue weighted by molar-refractivity contribution is 6.06. The van der Waals surface area contributed by atoms with E-state index in [9.17, 15) is 4.79 Å². The summed E-state index contributed by atoms with van der Waals surface area (Å²) in [5.41, 5.74) is 6.71. The van der Waals surface area contributed by atoms with E-state index in [1.165, 1.54) is 0 Å². The van der Waals surface area contributed by atoms with Crippen molar-refractivity contribution in [2.75, 3.05) is 12.4 Å². The van der Waals surface area contributed by atoms with Crippen LogP contribution in [0.15, 0.2) is 54.6 Å². The van der Waals surface area contributed by atoms with Crippen molar-refractivity contribution in [3.63, 3.8) is 0 Å². The number of ether oxygens (including phenoxy) is 1. The summed E-state index contributed by atoms with van der Waals surface area (Å²) in [5.74, 6) is 0.644. The van der Waals surface area contributed by atoms with Crippen molar-refractivity contribution in [1.29, 1.82) is 0 Å². The van der Waals surface area contributed by atoms with Crippen LogP contribution in [0.4, 0.5) is 5.69 Å². The maximum absolute atomic E-state index is 12.8. The van der Waals surface area contributed by atoms with Gasteiger partial charge in [-0.05, 0) is 74.4 Å². The third-order valence-corrected chi connectivity index (χ3v) is 4.90. The molecule has 29 heavy (non-hydrogen) atoms. The van der Waals surface area contributed by atoms with Gasteiger partial charge in [-0.1, -0.05) is 17.7 Å². The van der Waals surface area contributed by atoms with E-state index in [0.29, 0.717) is 11.1 Å². The Morgan fingerprint density at radius 3 is 2.24 bits per heavy atom. The second-order valence-electron chi connectivity index (χ2n) is 7.12. The molecule has 4 aromatic rings. The van der Waals surface area contributed by atoms with E-state index < -0.39 is 0 Å². The fraction of sp³-hybridized carbons (Fsp3) is 0.174. The number of anilines is 1. The number of carbonyl (C=O) groups excluding carboxylic acids is 1. The van der Waals surface area contributed by atoms with Gasteiger partial charge in [0.15, 0.2) is 0 Å². The minimum atomic E-state index is -0.132. The van der Waals surface area contributed by atoms with Crippen LogP contribution in [0.5, 0.6) is 5.75 Å². The zero-order chi connectivity index (χ0) is 20.5. The number of aromatic nitrogens is 3. The van der Waals surface area contributed by atoms with Crippen LogP contribution in [0, 0.1) is 20.8 Å². The van der Waals surface area contributed by atoms with Gasteiger partial charge in [0.1, 0.15) is 16.8 Å². The molecule has 1 N–H and O–H groups in total. The Labute approximate surface area is 169 Å². The molecule has 0 bridgehead atoms. The molecule has 0 aliphatic carbocycles. The number of benzene rings is 3. The first-order valence-electron chi connectivity index (χ1n) is 9.35. The zero-order valence-electron chi connectivity index (χ0n) is 16.9. The lowest BCUT2D eigenvalue weighted by Crippen LogP contribution is -2.14. The minimum absolute atomic E-state index is 0.132. The number of rotatable bonds is 4. The molecule has 3 aromatic carbocycles. The largest absolute Gasteiger partial charge is 0.497 e. The standard InChI is InChI=1S/C23H22N4O2/c1-14-5-10-19(15(2)11-14)23(28)24-20-13-22-21(12-16(20)3)25-27(26-22)17-6-8-18(29-4)9-7-17/h5-13H,1-4H3,(H,24,28). The Morgan fingerprint density at radius 1 is 0.897 bits per heavy atom. The van der Waals surface area contributed by atoms with Crippen LogP contribution in [0.3, 0.4) is 0 Å². The lowest BCUT2D eigenvalue weighted by atomic mass is 10.0. The predicted molar refractivity (Wildman–Crippen MR) is 114 cm³/mol. The van der Waals surface area contributed by atoms with Crippen molar-refractivity contribution in [2.45, 2.75) is 20.8 Å². The van der Waals surface area contributed by atoms with E-state index in [1.807, 2.05) is 75.4 Å². The van der Waals surface area contributed by atoms with Gasteiger partial charge in [-0.25, -0.2) is 0 Å². The SMILES string of the molecule is COc1ccc(-n2nc3cc(C)c(NC(=O)c4ccc(C)cc4C)cc3n2)cc1. The van der Waals surface area contributed by atoms with Gasteiger partial charge in [0, 0.05) is 11.3 Å². The second-order valence-corrected chi connectivity index (χ2v) is 7.12. The van der Waals surface area contributed by atoms with Crippen LogP contribution in [-0.2, 0) is 0 Å². The van der Waals surface area contributed by atoms with Gasteiger partial charge in [-0.3, -0.25) is 4.79 Å². The van der Waals surface area contributed by atoms with Gasteiger partial charge in [-0.2, -0.15) is 4.80 Å². The fourth-order valence-electron chi connectivity index (χ4n) is 3.29. The smallest absolute Gasteiger partial charge is 0.255 e. The van der Waals surface area contributed by atoms with Crippen molar-refractivity contribution in [3.05, 3.63) is 76.9 Å². The highest BCUT2D eigenvalue weighted by Crippen LogP contribution is 2.24. The minimum Gasteiger partial charge on any atom is -0.497 e. The van der Waals surface area contributed by atoms with E-state index in [0.717, 1.165) is 39.3 Å². The van der Waals surface area contributed by atoms with E-state index in [2.05, 4.69) is 15.5 Å². The topological polar surface area (TPSA) is 69.0 Å². The number of carbonyl (C=O) groups is 1. The summed E-state index contributed by atoms with van der Waals surface area (Å²) in [6.45, 7) is 5.90. The molecule has 0 radical (unpaired) electrons. The van der Waals surface area contributed by atoms with Gasteiger partial charge < -0.3 is 10.1 Å². The number of nitrogens with zero attached hydrogens (tertiary/aromatic N) is 3. The number of hydrogen-bond donors (Lipinski definition) is 1. The molecule has 0 aliphatic heterocycles. The third-order valence-electron chi connectivity index (χ3n) is 4.90. The molecule has 1 aromatic heterocycles. The van der Waals surface area contributed by atoms with Gasteiger partial charge in [0.05, 0.1) is 12.8 Å². The van der Waals surface area contributed by atoms with E-state index >= 15 is 0 Å². The highest BCUT2D eigenvalue weighted by Gasteiger charge is 2.13. The third kappa shape index (κ3) is 3.69. The van der Waals surface area contributed by atoms with Crippen LogP contribution in [0.2, 0.25) is 0 Å². The Hall–Kier alpha value is -3.67. The fourth-order valence-corrected chi connectivity index (χ4v) is 3.29. The molecule has 0 unspecified atom stereocenters. The van der Waals surface area contributed by atoms with Crippen molar-refractivity contribution < 1.29 is 9.53 Å². The van der Waals surface area contributed by atoms with Crippen molar-refractivity contribution >= 4 is 22.6 Å². The molecule has 1 amide bonds. The summed E-state index contributed by atoms with van der Waals surface area (Å²) in [5, 5.41) is 12.1. The van der Waals surface area contributed by atoms with Gasteiger partial charge in [0.2, 0.25) is 0 Å². The van der Waals surface area contributed by atoms with Gasteiger partial charge >= 0.3 is 0 Å². The van der Waals surface area contributed by atoms with Crippen LogP contribution < -0.4 is 10.1 Å². The highest BCUT2D eigenvalue weighted by atomic mass is 16.5. The Morgan fingerprint density at radius 2 is 1.59 bits per heavy atom. The first-order chi connectivity index (χ1) is 13.9. The molecular weight excluding hydrogens is 364 g/mol. The summed E-state index contributed by atoms with van der Waals surface area (Å²) >= 11 is 0. The summed E-state index contributed by atoms with van der Waals surface area (Å²) < 4.78 is 5.19. The van der Waals surface area contributed by atoms with Crippen LogP contribution in [-0.4, -0.2) is 28.0 Å². The monoisotopic (exact) mass is 386 g/mol. The quantitative estimate of drug-likeness (QED) is 0.556. The van der Waals surface area contributed by atoms with Crippen molar-refractivity contribution in [1.82, 2.24) is 15.0 Å². The molecular formula is C23H22N4O2. The Kier molecular flexibility index (Phi) is 4.76. The normalized spacial score (nSPS) is 10.9. The van der Waals surface area contributed by atoms with Gasteiger partial charge in [0.25, 0.3) is 5.91 Å². The maximum atomic E-state index is 12.8. The molecule has 0 aliphatic rings. The van der Waals surface area contributed by atoms with E-state index in [4.69, 9.17) is 4.74 Å². The maximum Gasteiger partial charge on any atom is 0.255 e. The zero-order valence-corrected chi connectivity index (χ0v) is 16.9. The Balaban J connectivity index is 1.65. The van der Waals surface area contributed by atoms with E-state index in [1.54, 1.807) is 11.9 Å². The molecule has 1 heterocycles. The summed E-state index contributed by atoms with van der Waals surface area (Å²) in [4.78, 5) is 14.3. The number of amides is 1. The first kappa shape index (κ1) is 18.7. The Bertz CT molecular complexity index is 1210. The van der Waals surface area contributed by atoms with Gasteiger partial charge in [-0.15, -0.1) is 10.2 Å². The molecule has 0 fully saturated rings. The van der Waals surface area contributed by atoms with Crippen LogP contribution in [0.1, 0.15) is 27.0 Å². The van der Waals surface area contributed by atoms with Crippen LogP contribution in [0.25, 0.3) is 16.7 Å². The van der Waals surface area contributed by atoms with E-state index in [-0.39, 0.29) is 5.91 Å². The number of aryl methyl sites for hydroxylation is 3. The summed E-state index contributed by atoms with van der Waals surface area (Å²) in [6, 6.07) is 17.1. The van der Waals surface area contributed by atoms with Crippen molar-refractivity contribution in [2.24, 2.45) is 0 Å². The number of fused-ring (bicyclic) bond motifs is 1. The lowest BCUT2D eigenvalue weighted by molar-refractivity contribution is 0.102.